The number of nitrogens with zero attached hydrogens (tertiary/aromatic N) is 1. The number of hydrogen-bond acceptors (Lipinski definition) is 3. The van der Waals surface area contributed by atoms with Crippen LogP contribution >= 0.6 is 0 Å². The minimum absolute atomic E-state index is 0.552. The minimum atomic E-state index is 0.552. The third-order valence-corrected chi connectivity index (χ3v) is 4.15. The quantitative estimate of drug-likeness (QED) is 0.723. The van der Waals surface area contributed by atoms with Crippen molar-refractivity contribution in [1.29, 1.82) is 0 Å². The number of rotatable bonds is 8. The van der Waals surface area contributed by atoms with Gasteiger partial charge in [0.15, 0.2) is 0 Å². The molecule has 0 bridgehead atoms. The minimum Gasteiger partial charge on any atom is -0.383 e. The molecule has 1 fully saturated rings. The molecule has 2 rings (SSSR count). The summed E-state index contributed by atoms with van der Waals surface area (Å²) in [5.41, 5.74) is 2.54. The van der Waals surface area contributed by atoms with E-state index in [-0.39, 0.29) is 0 Å². The second kappa shape index (κ2) is 8.93. The van der Waals surface area contributed by atoms with Gasteiger partial charge >= 0.3 is 0 Å². The number of nitrogens with one attached hydrogen (secondary N) is 1. The molecule has 1 atom stereocenters. The molecular weight excluding hydrogens is 260 g/mol. The largest absolute Gasteiger partial charge is 0.383 e. The van der Waals surface area contributed by atoms with E-state index in [1.54, 1.807) is 0 Å². The Bertz CT molecular complexity index is 385. The second-order valence-electron chi connectivity index (χ2n) is 6.04. The lowest BCUT2D eigenvalue weighted by atomic mass is 10.1. The Morgan fingerprint density at radius 2 is 1.81 bits per heavy atom. The van der Waals surface area contributed by atoms with Crippen LogP contribution in [0, 0.1) is 0 Å². The van der Waals surface area contributed by atoms with Crippen LogP contribution in [0.4, 0.5) is 11.4 Å². The molecule has 1 aromatic carbocycles. The maximum absolute atomic E-state index is 5.40. The first kappa shape index (κ1) is 16.2. The van der Waals surface area contributed by atoms with Crippen molar-refractivity contribution in [3.8, 4) is 0 Å². The van der Waals surface area contributed by atoms with Gasteiger partial charge in [-0.3, -0.25) is 0 Å². The number of unbranched alkanes of at least 4 members (excludes halogenated alkanes) is 3. The molecule has 1 aliphatic heterocycles. The lowest BCUT2D eigenvalue weighted by Gasteiger charge is -2.29. The van der Waals surface area contributed by atoms with Crippen molar-refractivity contribution in [2.45, 2.75) is 52.0 Å². The Kier molecular flexibility index (Phi) is 6.87. The van der Waals surface area contributed by atoms with Gasteiger partial charge in [0.25, 0.3) is 0 Å². The van der Waals surface area contributed by atoms with E-state index in [4.69, 9.17) is 4.74 Å². The number of hydrogen-bond donors (Lipinski definition) is 1. The Labute approximate surface area is 129 Å². The van der Waals surface area contributed by atoms with Gasteiger partial charge in [-0.15, -0.1) is 0 Å². The van der Waals surface area contributed by atoms with Crippen molar-refractivity contribution in [2.75, 3.05) is 36.5 Å². The van der Waals surface area contributed by atoms with Gasteiger partial charge in [0, 0.05) is 30.5 Å². The van der Waals surface area contributed by atoms with Crippen molar-refractivity contribution < 1.29 is 4.74 Å². The highest BCUT2D eigenvalue weighted by Gasteiger charge is 2.11. The van der Waals surface area contributed by atoms with E-state index < -0.39 is 0 Å². The van der Waals surface area contributed by atoms with Gasteiger partial charge in [0.2, 0.25) is 0 Å². The zero-order chi connectivity index (χ0) is 14.9. The molecule has 1 N–H and O–H groups in total. The van der Waals surface area contributed by atoms with Crippen LogP contribution in [-0.2, 0) is 4.74 Å². The van der Waals surface area contributed by atoms with E-state index in [2.05, 4.69) is 48.3 Å². The van der Waals surface area contributed by atoms with Gasteiger partial charge in [-0.05, 0) is 37.6 Å². The van der Waals surface area contributed by atoms with Gasteiger partial charge in [-0.25, -0.2) is 0 Å². The summed E-state index contributed by atoms with van der Waals surface area (Å²) in [6.45, 7) is 8.23. The highest BCUT2D eigenvalue weighted by Crippen LogP contribution is 2.20. The van der Waals surface area contributed by atoms with E-state index in [1.165, 1.54) is 43.5 Å². The first-order valence-electron chi connectivity index (χ1n) is 8.49. The Morgan fingerprint density at radius 3 is 2.48 bits per heavy atom. The fraction of sp³-hybridized carbons (Fsp3) is 0.667. The molecule has 3 nitrogen and oxygen atoms in total. The number of ether oxygens (including phenoxy) is 1. The second-order valence-corrected chi connectivity index (χ2v) is 6.04. The first-order chi connectivity index (χ1) is 10.3. The average molecular weight is 290 g/mol. The maximum atomic E-state index is 5.40. The molecule has 0 radical (unpaired) electrons. The van der Waals surface area contributed by atoms with Crippen molar-refractivity contribution in [1.82, 2.24) is 0 Å². The Morgan fingerprint density at radius 1 is 1.10 bits per heavy atom. The van der Waals surface area contributed by atoms with Crippen LogP contribution in [0.1, 0.15) is 46.0 Å². The molecule has 0 aromatic heterocycles. The third kappa shape index (κ3) is 5.58. The topological polar surface area (TPSA) is 24.5 Å². The van der Waals surface area contributed by atoms with Gasteiger partial charge in [-0.1, -0.05) is 32.6 Å². The molecule has 3 heteroatoms. The van der Waals surface area contributed by atoms with Gasteiger partial charge in [0.1, 0.15) is 0 Å². The monoisotopic (exact) mass is 290 g/mol. The zero-order valence-corrected chi connectivity index (χ0v) is 13.6. The van der Waals surface area contributed by atoms with E-state index in [0.717, 1.165) is 26.3 Å². The SMILES string of the molecule is CCCCCCC(C)Nc1ccc(N2CCOCC2)cc1. The summed E-state index contributed by atoms with van der Waals surface area (Å²) in [4.78, 5) is 2.39. The molecule has 1 saturated heterocycles. The molecule has 0 amide bonds. The lowest BCUT2D eigenvalue weighted by Crippen LogP contribution is -2.36. The Balaban J connectivity index is 1.76. The molecule has 0 saturated carbocycles. The van der Waals surface area contributed by atoms with Crippen molar-refractivity contribution >= 4 is 11.4 Å². The average Bonchev–Trinajstić information content (AvgIpc) is 2.53. The summed E-state index contributed by atoms with van der Waals surface area (Å²) < 4.78 is 5.40. The number of anilines is 2. The standard InChI is InChI=1S/C18H30N2O/c1-3-4-5-6-7-16(2)19-17-8-10-18(11-9-17)20-12-14-21-15-13-20/h8-11,16,19H,3-7,12-15H2,1-2H3. The highest BCUT2D eigenvalue weighted by atomic mass is 16.5. The van der Waals surface area contributed by atoms with Crippen LogP contribution in [0.25, 0.3) is 0 Å². The molecule has 1 unspecified atom stereocenters. The first-order valence-corrected chi connectivity index (χ1v) is 8.49. The summed E-state index contributed by atoms with van der Waals surface area (Å²) in [6.07, 6.45) is 6.61. The van der Waals surface area contributed by atoms with Crippen LogP contribution in [0.2, 0.25) is 0 Å². The summed E-state index contributed by atoms with van der Waals surface area (Å²) in [7, 11) is 0. The van der Waals surface area contributed by atoms with Crippen molar-refractivity contribution in [2.24, 2.45) is 0 Å². The summed E-state index contributed by atoms with van der Waals surface area (Å²) in [5, 5.41) is 3.61. The summed E-state index contributed by atoms with van der Waals surface area (Å²) in [5.74, 6) is 0. The van der Waals surface area contributed by atoms with E-state index in [0.29, 0.717) is 6.04 Å². The molecule has 118 valence electrons. The van der Waals surface area contributed by atoms with E-state index in [9.17, 15) is 0 Å². The maximum Gasteiger partial charge on any atom is 0.0642 e. The smallest absolute Gasteiger partial charge is 0.0642 e. The summed E-state index contributed by atoms with van der Waals surface area (Å²) in [6, 6.07) is 9.39. The van der Waals surface area contributed by atoms with E-state index >= 15 is 0 Å². The number of benzene rings is 1. The van der Waals surface area contributed by atoms with Gasteiger partial charge < -0.3 is 15.0 Å². The predicted molar refractivity (Wildman–Crippen MR) is 91.3 cm³/mol. The fourth-order valence-electron chi connectivity index (χ4n) is 2.82. The molecule has 1 aliphatic rings. The highest BCUT2D eigenvalue weighted by molar-refractivity contribution is 5.55. The molecule has 0 aliphatic carbocycles. The normalized spacial score (nSPS) is 16.8. The van der Waals surface area contributed by atoms with Crippen LogP contribution in [-0.4, -0.2) is 32.3 Å². The molecular formula is C18H30N2O. The van der Waals surface area contributed by atoms with Crippen molar-refractivity contribution in [3.05, 3.63) is 24.3 Å². The molecule has 1 heterocycles. The Hall–Kier alpha value is -1.22. The van der Waals surface area contributed by atoms with Crippen LogP contribution < -0.4 is 10.2 Å². The third-order valence-electron chi connectivity index (χ3n) is 4.15. The lowest BCUT2D eigenvalue weighted by molar-refractivity contribution is 0.122. The number of morpholine rings is 1. The zero-order valence-electron chi connectivity index (χ0n) is 13.6. The van der Waals surface area contributed by atoms with Crippen molar-refractivity contribution in [3.63, 3.8) is 0 Å². The molecule has 1 aromatic rings. The van der Waals surface area contributed by atoms with Crippen LogP contribution in [0.3, 0.4) is 0 Å². The fourth-order valence-corrected chi connectivity index (χ4v) is 2.82. The van der Waals surface area contributed by atoms with Crippen LogP contribution in [0.5, 0.6) is 0 Å². The van der Waals surface area contributed by atoms with E-state index in [1.807, 2.05) is 0 Å². The predicted octanol–water partition coefficient (Wildman–Crippen LogP) is 4.29. The van der Waals surface area contributed by atoms with Crippen LogP contribution in [0.15, 0.2) is 24.3 Å². The molecule has 21 heavy (non-hydrogen) atoms. The van der Waals surface area contributed by atoms with Gasteiger partial charge in [-0.2, -0.15) is 0 Å². The molecule has 0 spiro atoms. The summed E-state index contributed by atoms with van der Waals surface area (Å²) >= 11 is 0. The van der Waals surface area contributed by atoms with Gasteiger partial charge in [0.05, 0.1) is 13.2 Å².